The van der Waals surface area contributed by atoms with E-state index in [1.807, 2.05) is 0 Å². The molecule has 3 aromatic carbocycles. The predicted octanol–water partition coefficient (Wildman–Crippen LogP) is 5.01. The first-order valence-electron chi connectivity index (χ1n) is 9.97. The average molecular weight is 502 g/mol. The van der Waals surface area contributed by atoms with Crippen LogP contribution < -0.4 is 15.8 Å². The summed E-state index contributed by atoms with van der Waals surface area (Å²) in [5.41, 5.74) is 4.15. The number of benzene rings is 3. The van der Waals surface area contributed by atoms with Crippen LogP contribution in [0.3, 0.4) is 0 Å². The second kappa shape index (κ2) is 9.15. The molecule has 3 aromatic rings. The number of carboxylic acids is 1. The van der Waals surface area contributed by atoms with Gasteiger partial charge >= 0.3 is 12.1 Å². The first-order valence-corrected chi connectivity index (χ1v) is 10.3. The van der Waals surface area contributed by atoms with Crippen LogP contribution in [0.4, 0.5) is 24.5 Å². The molecule has 0 saturated heterocycles. The number of halogens is 4. The molecule has 1 heterocycles. The third-order valence-electron chi connectivity index (χ3n) is 5.15. The van der Waals surface area contributed by atoms with Gasteiger partial charge in [-0.1, -0.05) is 23.7 Å². The number of amides is 2. The number of anilines is 2. The molecule has 0 radical (unpaired) electrons. The van der Waals surface area contributed by atoms with E-state index < -0.39 is 29.5 Å². The van der Waals surface area contributed by atoms with Gasteiger partial charge in [-0.2, -0.15) is 13.2 Å². The summed E-state index contributed by atoms with van der Waals surface area (Å²) in [4.78, 5) is 37.9. The zero-order chi connectivity index (χ0) is 25.3. The zero-order valence-electron chi connectivity index (χ0n) is 17.6. The topological polar surface area (TPSA) is 98.7 Å². The Bertz CT molecular complexity index is 1370. The smallest absolute Gasteiger partial charge is 0.416 e. The minimum absolute atomic E-state index is 0.0362. The number of carbonyl (C=O) groups is 3. The molecule has 0 bridgehead atoms. The van der Waals surface area contributed by atoms with E-state index in [4.69, 9.17) is 11.6 Å². The van der Waals surface area contributed by atoms with Crippen molar-refractivity contribution in [3.05, 3.63) is 100 Å². The first-order chi connectivity index (χ1) is 16.6. The van der Waals surface area contributed by atoms with Gasteiger partial charge in [-0.15, -0.1) is 0 Å². The van der Waals surface area contributed by atoms with Crippen molar-refractivity contribution in [1.82, 2.24) is 10.9 Å². The molecular formula is C24H15ClF3N3O4. The molecule has 0 unspecified atom stereocenters. The van der Waals surface area contributed by atoms with Crippen molar-refractivity contribution in [2.45, 2.75) is 6.18 Å². The molecule has 0 spiro atoms. The van der Waals surface area contributed by atoms with E-state index in [0.717, 1.165) is 29.3 Å². The lowest BCUT2D eigenvalue weighted by molar-refractivity contribution is -0.137. The van der Waals surface area contributed by atoms with Crippen LogP contribution in [-0.2, 0) is 11.0 Å². The summed E-state index contributed by atoms with van der Waals surface area (Å²) in [6, 6.07) is 14.1. The van der Waals surface area contributed by atoms with Crippen molar-refractivity contribution in [2.75, 3.05) is 4.90 Å². The van der Waals surface area contributed by atoms with Gasteiger partial charge in [-0.05, 0) is 54.6 Å². The molecule has 178 valence electrons. The largest absolute Gasteiger partial charge is 0.478 e. The van der Waals surface area contributed by atoms with Gasteiger partial charge in [0.25, 0.3) is 11.8 Å². The van der Waals surface area contributed by atoms with E-state index in [9.17, 15) is 32.7 Å². The summed E-state index contributed by atoms with van der Waals surface area (Å²) in [6.07, 6.45) is -3.51. The summed E-state index contributed by atoms with van der Waals surface area (Å²) in [6.45, 7) is 0. The summed E-state index contributed by atoms with van der Waals surface area (Å²) in [5.74, 6) is -2.51. The Morgan fingerprint density at radius 3 is 2.34 bits per heavy atom. The van der Waals surface area contributed by atoms with E-state index >= 15 is 0 Å². The second-order valence-electron chi connectivity index (χ2n) is 7.39. The van der Waals surface area contributed by atoms with E-state index in [1.54, 1.807) is 0 Å². The van der Waals surface area contributed by atoms with Crippen LogP contribution in [0, 0.1) is 0 Å². The number of carboxylic acid groups (broad SMARTS) is 1. The van der Waals surface area contributed by atoms with Crippen molar-refractivity contribution in [2.24, 2.45) is 0 Å². The minimum Gasteiger partial charge on any atom is -0.478 e. The van der Waals surface area contributed by atoms with Crippen LogP contribution in [0.15, 0.2) is 72.9 Å². The third kappa shape index (κ3) is 4.82. The standard InChI is InChI=1S/C24H15ClF3N3O4/c25-16-7-4-13(5-8-16)21(32)30-29-12-19-18-9-6-15(24(26,27)28)11-20(18)31(22(19)33)17-3-1-2-14(10-17)23(34)35/h1-12,29H,(H,30,32)(H,34,35). The maximum Gasteiger partial charge on any atom is 0.416 e. The van der Waals surface area contributed by atoms with Crippen LogP contribution in [0.25, 0.3) is 5.57 Å². The molecule has 0 fully saturated rings. The van der Waals surface area contributed by atoms with Crippen molar-refractivity contribution in [3.63, 3.8) is 0 Å². The van der Waals surface area contributed by atoms with Gasteiger partial charge < -0.3 is 10.5 Å². The van der Waals surface area contributed by atoms with Gasteiger partial charge in [-0.25, -0.2) is 4.79 Å². The predicted molar refractivity (Wildman–Crippen MR) is 122 cm³/mol. The SMILES string of the molecule is O=C(O)c1cccc(N2C(=O)C(=CNNC(=O)c3ccc(Cl)cc3)c3ccc(C(F)(F)F)cc32)c1. The van der Waals surface area contributed by atoms with Gasteiger partial charge in [0.1, 0.15) is 0 Å². The van der Waals surface area contributed by atoms with E-state index in [1.165, 1.54) is 48.5 Å². The molecule has 0 aliphatic carbocycles. The van der Waals surface area contributed by atoms with Gasteiger partial charge in [-0.3, -0.25) is 19.9 Å². The van der Waals surface area contributed by atoms with Crippen molar-refractivity contribution in [3.8, 4) is 0 Å². The Morgan fingerprint density at radius 1 is 0.971 bits per heavy atom. The first kappa shape index (κ1) is 23.8. The fourth-order valence-corrected chi connectivity index (χ4v) is 3.61. The quantitative estimate of drug-likeness (QED) is 0.337. The van der Waals surface area contributed by atoms with E-state index in [-0.39, 0.29) is 33.6 Å². The normalized spacial score (nSPS) is 14.1. The lowest BCUT2D eigenvalue weighted by atomic mass is 10.1. The summed E-state index contributed by atoms with van der Waals surface area (Å²) < 4.78 is 40.1. The molecule has 7 nitrogen and oxygen atoms in total. The molecule has 11 heteroatoms. The van der Waals surface area contributed by atoms with Gasteiger partial charge in [0, 0.05) is 22.3 Å². The number of rotatable bonds is 5. The van der Waals surface area contributed by atoms with Crippen LogP contribution in [-0.4, -0.2) is 22.9 Å². The summed E-state index contributed by atoms with van der Waals surface area (Å²) in [5, 5.41) is 9.71. The highest BCUT2D eigenvalue weighted by Crippen LogP contribution is 2.44. The molecule has 1 aliphatic rings. The van der Waals surface area contributed by atoms with E-state index in [0.29, 0.717) is 5.02 Å². The highest BCUT2D eigenvalue weighted by molar-refractivity contribution is 6.35. The number of carbonyl (C=O) groups excluding carboxylic acids is 2. The van der Waals surface area contributed by atoms with Crippen molar-refractivity contribution in [1.29, 1.82) is 0 Å². The monoisotopic (exact) mass is 501 g/mol. The molecule has 35 heavy (non-hydrogen) atoms. The van der Waals surface area contributed by atoms with Crippen LogP contribution >= 0.6 is 11.6 Å². The molecule has 2 amide bonds. The number of nitrogens with zero attached hydrogens (tertiary/aromatic N) is 1. The number of nitrogens with one attached hydrogen (secondary N) is 2. The molecule has 3 N–H and O–H groups in total. The number of hydrogen-bond acceptors (Lipinski definition) is 4. The number of aromatic carboxylic acids is 1. The number of hydrogen-bond donors (Lipinski definition) is 3. The Morgan fingerprint density at radius 2 is 1.69 bits per heavy atom. The fraction of sp³-hybridized carbons (Fsp3) is 0.0417. The number of fused-ring (bicyclic) bond motifs is 1. The van der Waals surface area contributed by atoms with Crippen LogP contribution in [0.2, 0.25) is 5.02 Å². The van der Waals surface area contributed by atoms with Gasteiger partial charge in [0.05, 0.1) is 28.1 Å². The summed E-state index contributed by atoms with van der Waals surface area (Å²) >= 11 is 5.80. The Labute approximate surface area is 201 Å². The lowest BCUT2D eigenvalue weighted by Crippen LogP contribution is -2.34. The van der Waals surface area contributed by atoms with Gasteiger partial charge in [0.2, 0.25) is 0 Å². The molecule has 0 saturated carbocycles. The Kier molecular flexibility index (Phi) is 6.23. The number of alkyl halides is 3. The number of hydrazine groups is 1. The lowest BCUT2D eigenvalue weighted by Gasteiger charge is -2.19. The average Bonchev–Trinajstić information content (AvgIpc) is 3.09. The maximum atomic E-state index is 13.4. The van der Waals surface area contributed by atoms with Crippen molar-refractivity contribution >= 4 is 46.3 Å². The molecule has 0 atom stereocenters. The molecule has 4 rings (SSSR count). The minimum atomic E-state index is -4.66. The highest BCUT2D eigenvalue weighted by Gasteiger charge is 2.38. The maximum absolute atomic E-state index is 13.4. The Hall–Kier alpha value is -4.31. The molecule has 0 aromatic heterocycles. The molecule has 1 aliphatic heterocycles. The third-order valence-corrected chi connectivity index (χ3v) is 5.40. The van der Waals surface area contributed by atoms with Crippen LogP contribution in [0.5, 0.6) is 0 Å². The van der Waals surface area contributed by atoms with Gasteiger partial charge in [0.15, 0.2) is 0 Å². The molecular weight excluding hydrogens is 487 g/mol. The zero-order valence-corrected chi connectivity index (χ0v) is 18.3. The highest BCUT2D eigenvalue weighted by atomic mass is 35.5. The summed E-state index contributed by atoms with van der Waals surface area (Å²) in [7, 11) is 0. The van der Waals surface area contributed by atoms with E-state index in [2.05, 4.69) is 10.9 Å². The Balaban J connectivity index is 1.70. The van der Waals surface area contributed by atoms with Crippen LogP contribution in [0.1, 0.15) is 31.8 Å². The fourth-order valence-electron chi connectivity index (χ4n) is 3.49. The second-order valence-corrected chi connectivity index (χ2v) is 7.83. The van der Waals surface area contributed by atoms with Crippen molar-refractivity contribution < 1.29 is 32.7 Å².